The number of carbonyl (C=O) groups excluding carboxylic acids is 1. The van der Waals surface area contributed by atoms with Crippen molar-refractivity contribution in [2.24, 2.45) is 0 Å². The van der Waals surface area contributed by atoms with Gasteiger partial charge in [-0.2, -0.15) is 9.37 Å². The summed E-state index contributed by atoms with van der Waals surface area (Å²) in [5, 5.41) is 12.2. The number of aryl methyl sites for hydroxylation is 1. The summed E-state index contributed by atoms with van der Waals surface area (Å²) in [7, 11) is 1.58. The summed E-state index contributed by atoms with van der Waals surface area (Å²) in [4.78, 5) is 25.3. The van der Waals surface area contributed by atoms with E-state index in [1.54, 1.807) is 25.4 Å². The summed E-state index contributed by atoms with van der Waals surface area (Å²) in [6.45, 7) is 4.23. The van der Waals surface area contributed by atoms with Crippen molar-refractivity contribution in [3.63, 3.8) is 0 Å². The van der Waals surface area contributed by atoms with Gasteiger partial charge in [0.25, 0.3) is 5.91 Å². The van der Waals surface area contributed by atoms with Gasteiger partial charge >= 0.3 is 0 Å². The highest BCUT2D eigenvalue weighted by Gasteiger charge is 2.15. The van der Waals surface area contributed by atoms with Gasteiger partial charge in [-0.1, -0.05) is 18.6 Å². The van der Waals surface area contributed by atoms with Crippen molar-refractivity contribution < 1.29 is 13.9 Å². The second-order valence-corrected chi connectivity index (χ2v) is 8.34. The first-order chi connectivity index (χ1) is 17.0. The lowest BCUT2D eigenvalue weighted by atomic mass is 9.99. The van der Waals surface area contributed by atoms with Gasteiger partial charge in [0, 0.05) is 42.7 Å². The Bertz CT molecular complexity index is 1190. The molecule has 0 aliphatic carbocycles. The predicted octanol–water partition coefficient (Wildman–Crippen LogP) is 3.75. The molecule has 9 nitrogen and oxygen atoms in total. The Hall–Kier alpha value is -3.63. The molecule has 0 unspecified atom stereocenters. The zero-order valence-electron chi connectivity index (χ0n) is 19.9. The number of aromatic nitrogens is 3. The molecule has 184 valence electrons. The van der Waals surface area contributed by atoms with Crippen molar-refractivity contribution in [3.05, 3.63) is 59.3 Å². The van der Waals surface area contributed by atoms with Crippen LogP contribution in [0.1, 0.15) is 40.7 Å². The van der Waals surface area contributed by atoms with Gasteiger partial charge in [-0.25, -0.2) is 9.97 Å². The summed E-state index contributed by atoms with van der Waals surface area (Å²) in [5.41, 5.74) is 3.67. The number of halogens is 1. The van der Waals surface area contributed by atoms with Crippen molar-refractivity contribution in [3.8, 4) is 11.1 Å². The molecule has 0 atom stereocenters. The van der Waals surface area contributed by atoms with Crippen LogP contribution in [0.3, 0.4) is 0 Å². The summed E-state index contributed by atoms with van der Waals surface area (Å²) < 4.78 is 20.3. The highest BCUT2D eigenvalue weighted by Crippen LogP contribution is 2.27. The third-order valence-corrected chi connectivity index (χ3v) is 5.76. The number of nitrogens with one attached hydrogen (secondary N) is 4. The van der Waals surface area contributed by atoms with E-state index in [2.05, 4.69) is 36.2 Å². The van der Waals surface area contributed by atoms with E-state index in [0.717, 1.165) is 49.0 Å². The number of fused-ring (bicyclic) bond motifs is 11. The van der Waals surface area contributed by atoms with Gasteiger partial charge in [0.2, 0.25) is 11.9 Å². The molecule has 0 saturated heterocycles. The Morgan fingerprint density at radius 3 is 2.80 bits per heavy atom. The van der Waals surface area contributed by atoms with E-state index in [-0.39, 0.29) is 17.5 Å². The zero-order valence-corrected chi connectivity index (χ0v) is 19.9. The largest absolute Gasteiger partial charge is 0.370 e. The van der Waals surface area contributed by atoms with E-state index in [9.17, 15) is 9.18 Å². The topological polar surface area (TPSA) is 113 Å². The van der Waals surface area contributed by atoms with Crippen molar-refractivity contribution in [1.29, 1.82) is 0 Å². The first-order valence-corrected chi connectivity index (χ1v) is 11.7. The quantitative estimate of drug-likeness (QED) is 0.391. The van der Waals surface area contributed by atoms with Crippen LogP contribution in [0.15, 0.2) is 36.7 Å². The molecule has 3 aromatic rings. The number of ether oxygens (including phenoxy) is 1. The number of anilines is 3. The van der Waals surface area contributed by atoms with Crippen molar-refractivity contribution in [1.82, 2.24) is 25.6 Å². The number of benzene rings is 1. The van der Waals surface area contributed by atoms with Crippen LogP contribution in [0.4, 0.5) is 21.8 Å². The minimum atomic E-state index is -0.671. The van der Waals surface area contributed by atoms with E-state index < -0.39 is 5.95 Å². The minimum absolute atomic E-state index is 0.142. The smallest absolute Gasteiger partial charge is 0.251 e. The zero-order chi connectivity index (χ0) is 24.6. The highest BCUT2D eigenvalue weighted by atomic mass is 19.1. The number of hydrogen-bond acceptors (Lipinski definition) is 8. The van der Waals surface area contributed by atoms with Crippen molar-refractivity contribution in [2.75, 3.05) is 37.5 Å². The maximum atomic E-state index is 14.6. The monoisotopic (exact) mass is 479 g/mol. The fourth-order valence-electron chi connectivity index (χ4n) is 3.79. The molecule has 35 heavy (non-hydrogen) atoms. The van der Waals surface area contributed by atoms with Crippen LogP contribution >= 0.6 is 0 Å². The van der Waals surface area contributed by atoms with Crippen molar-refractivity contribution >= 4 is 23.4 Å². The molecule has 2 aliphatic rings. The van der Waals surface area contributed by atoms with Crippen molar-refractivity contribution in [2.45, 2.75) is 32.8 Å². The van der Waals surface area contributed by atoms with Crippen LogP contribution in [0.5, 0.6) is 0 Å². The first kappa shape index (κ1) is 24.5. The summed E-state index contributed by atoms with van der Waals surface area (Å²) >= 11 is 0. The lowest BCUT2D eigenvalue weighted by molar-refractivity contribution is 0.0929. The highest BCUT2D eigenvalue weighted by molar-refractivity contribution is 5.96. The SMILES string of the molecule is CNC(=O)c1cc2ccc1COCNCCCCCNc1nc(ncc1C)Nc1cc-2cnc1F. The maximum Gasteiger partial charge on any atom is 0.251 e. The number of nitrogens with zero attached hydrogens (tertiary/aromatic N) is 3. The van der Waals surface area contributed by atoms with Crippen LogP contribution in [-0.4, -0.2) is 47.7 Å². The lowest BCUT2D eigenvalue weighted by Gasteiger charge is -2.13. The molecule has 1 aromatic carbocycles. The van der Waals surface area contributed by atoms with Gasteiger partial charge in [0.1, 0.15) is 5.82 Å². The van der Waals surface area contributed by atoms with E-state index in [1.807, 2.05) is 19.1 Å². The number of pyridine rings is 1. The summed E-state index contributed by atoms with van der Waals surface area (Å²) in [5.74, 6) is 0.0769. The van der Waals surface area contributed by atoms with Gasteiger partial charge in [-0.15, -0.1) is 0 Å². The molecular formula is C25H30FN7O2. The number of amides is 1. The Kier molecular flexibility index (Phi) is 8.17. The van der Waals surface area contributed by atoms with E-state index >= 15 is 0 Å². The number of carbonyl (C=O) groups is 1. The van der Waals surface area contributed by atoms with Crippen LogP contribution in [0.25, 0.3) is 11.1 Å². The number of hydrogen-bond donors (Lipinski definition) is 4. The van der Waals surface area contributed by atoms with Gasteiger partial charge in [0.15, 0.2) is 0 Å². The molecule has 10 heteroatoms. The second kappa shape index (κ2) is 11.7. The minimum Gasteiger partial charge on any atom is -0.370 e. The Balaban J connectivity index is 1.69. The summed E-state index contributed by atoms with van der Waals surface area (Å²) in [6, 6.07) is 7.10. The molecule has 2 aliphatic heterocycles. The standard InChI is InChI=1S/C25H30FN7O2/c1-16-12-31-25-32-21-11-19(13-30-22(21)26)17-6-7-18(20(10-17)24(34)27-2)14-35-15-28-8-4-3-5-9-29-23(16)33-25/h6-7,10-13,28H,3-5,8-9,14-15H2,1-2H3,(H,27,34)(H2,29,31,32,33). The van der Waals surface area contributed by atoms with Gasteiger partial charge in [-0.3, -0.25) is 10.1 Å². The number of rotatable bonds is 1. The molecule has 0 fully saturated rings. The summed E-state index contributed by atoms with van der Waals surface area (Å²) in [6.07, 6.45) is 6.17. The fraction of sp³-hybridized carbons (Fsp3) is 0.360. The molecular weight excluding hydrogens is 449 g/mol. The maximum absolute atomic E-state index is 14.6. The van der Waals surface area contributed by atoms with Crippen LogP contribution in [-0.2, 0) is 11.3 Å². The molecule has 1 amide bonds. The predicted molar refractivity (Wildman–Crippen MR) is 133 cm³/mol. The van der Waals surface area contributed by atoms with Crippen LogP contribution < -0.4 is 21.3 Å². The van der Waals surface area contributed by atoms with E-state index in [1.165, 1.54) is 6.20 Å². The molecule has 0 radical (unpaired) electrons. The normalized spacial score (nSPS) is 14.8. The Morgan fingerprint density at radius 2 is 1.94 bits per heavy atom. The molecule has 5 rings (SSSR count). The molecule has 4 heterocycles. The molecule has 0 saturated carbocycles. The Morgan fingerprint density at radius 1 is 1.09 bits per heavy atom. The van der Waals surface area contributed by atoms with Crippen LogP contribution in [0, 0.1) is 12.9 Å². The molecule has 0 spiro atoms. The Labute approximate surface area is 203 Å². The lowest BCUT2D eigenvalue weighted by Crippen LogP contribution is -2.22. The average molecular weight is 480 g/mol. The second-order valence-electron chi connectivity index (χ2n) is 8.34. The van der Waals surface area contributed by atoms with E-state index in [0.29, 0.717) is 30.3 Å². The first-order valence-electron chi connectivity index (χ1n) is 11.7. The van der Waals surface area contributed by atoms with E-state index in [4.69, 9.17) is 4.74 Å². The molecule has 2 aromatic heterocycles. The van der Waals surface area contributed by atoms with Gasteiger partial charge < -0.3 is 20.7 Å². The molecule has 6 bridgehead atoms. The average Bonchev–Trinajstić information content (AvgIpc) is 2.87. The van der Waals surface area contributed by atoms with Gasteiger partial charge in [-0.05, 0) is 49.6 Å². The van der Waals surface area contributed by atoms with Gasteiger partial charge in [0.05, 0.1) is 19.0 Å². The third kappa shape index (κ3) is 6.28. The van der Waals surface area contributed by atoms with Crippen LogP contribution in [0.2, 0.25) is 0 Å². The third-order valence-electron chi connectivity index (χ3n) is 5.76. The molecule has 4 N–H and O–H groups in total. The fourth-order valence-corrected chi connectivity index (χ4v) is 3.79.